The largest absolute Gasteiger partial charge is 0.328 e. The molecule has 0 spiro atoms. The van der Waals surface area contributed by atoms with E-state index in [9.17, 15) is 4.39 Å². The van der Waals surface area contributed by atoms with Crippen LogP contribution in [0.2, 0.25) is 5.02 Å². The molecule has 0 aliphatic carbocycles. The second-order valence-electron chi connectivity index (χ2n) is 5.61. The highest BCUT2D eigenvalue weighted by atomic mass is 35.5. The second kappa shape index (κ2) is 5.78. The van der Waals surface area contributed by atoms with Gasteiger partial charge >= 0.3 is 0 Å². The van der Waals surface area contributed by atoms with Crippen LogP contribution in [0, 0.1) is 5.82 Å². The van der Waals surface area contributed by atoms with Gasteiger partial charge in [0.2, 0.25) is 0 Å². The van der Waals surface area contributed by atoms with Crippen LogP contribution in [0.5, 0.6) is 0 Å². The fourth-order valence-electron chi connectivity index (χ4n) is 3.10. The molecule has 4 rings (SSSR count). The van der Waals surface area contributed by atoms with Gasteiger partial charge in [-0.25, -0.2) is 4.39 Å². The quantitative estimate of drug-likeness (QED) is 0.779. The molecule has 0 unspecified atom stereocenters. The number of nitrogens with zero attached hydrogens (tertiary/aromatic N) is 3. The average molecular weight is 328 g/mol. The molecule has 0 N–H and O–H groups in total. The minimum atomic E-state index is -0.279. The molecule has 0 atom stereocenters. The van der Waals surface area contributed by atoms with Crippen molar-refractivity contribution in [1.82, 2.24) is 0 Å². The number of halogens is 2. The van der Waals surface area contributed by atoms with Crippen molar-refractivity contribution in [2.45, 2.75) is 6.42 Å². The zero-order valence-electron chi connectivity index (χ0n) is 12.5. The fraction of sp³-hybridized carbons (Fsp3) is 0.222. The summed E-state index contributed by atoms with van der Waals surface area (Å²) in [5.41, 5.74) is 2.98. The van der Waals surface area contributed by atoms with Gasteiger partial charge in [0.15, 0.2) is 0 Å². The Balaban J connectivity index is 1.95. The Labute approximate surface area is 139 Å². The van der Waals surface area contributed by atoms with Crippen LogP contribution in [0.15, 0.2) is 52.4 Å². The molecule has 0 radical (unpaired) electrons. The van der Waals surface area contributed by atoms with Crippen molar-refractivity contribution in [3.63, 3.8) is 0 Å². The molecule has 0 amide bonds. The first kappa shape index (κ1) is 14.4. The van der Waals surface area contributed by atoms with Gasteiger partial charge < -0.3 is 4.90 Å². The van der Waals surface area contributed by atoms with E-state index in [4.69, 9.17) is 11.6 Å². The lowest BCUT2D eigenvalue weighted by atomic mass is 9.99. The Hall–Kier alpha value is -2.20. The van der Waals surface area contributed by atoms with Crippen molar-refractivity contribution >= 4 is 28.8 Å². The van der Waals surface area contributed by atoms with Gasteiger partial charge in [0.05, 0.1) is 17.9 Å². The van der Waals surface area contributed by atoms with Crippen molar-refractivity contribution in [3.05, 3.63) is 64.4 Å². The fourth-order valence-corrected chi connectivity index (χ4v) is 3.27. The van der Waals surface area contributed by atoms with Crippen LogP contribution in [-0.4, -0.2) is 31.2 Å². The summed E-state index contributed by atoms with van der Waals surface area (Å²) < 4.78 is 14.3. The lowest BCUT2D eigenvalue weighted by Gasteiger charge is -2.29. The van der Waals surface area contributed by atoms with Crippen LogP contribution in [0.3, 0.4) is 0 Å². The summed E-state index contributed by atoms with van der Waals surface area (Å²) in [5, 5.41) is 0.616. The smallest absolute Gasteiger partial charge is 0.132 e. The van der Waals surface area contributed by atoms with E-state index in [-0.39, 0.29) is 5.82 Å². The first-order valence-electron chi connectivity index (χ1n) is 7.64. The van der Waals surface area contributed by atoms with Gasteiger partial charge in [0, 0.05) is 29.2 Å². The number of benzene rings is 2. The lowest BCUT2D eigenvalue weighted by molar-refractivity contribution is 0.625. The summed E-state index contributed by atoms with van der Waals surface area (Å²) in [6, 6.07) is 12.4. The molecule has 2 aliphatic rings. The molecule has 116 valence electrons. The zero-order valence-corrected chi connectivity index (χ0v) is 13.2. The van der Waals surface area contributed by atoms with E-state index < -0.39 is 0 Å². The van der Waals surface area contributed by atoms with E-state index in [1.807, 2.05) is 24.3 Å². The zero-order chi connectivity index (χ0) is 15.8. The molecule has 0 saturated carbocycles. The predicted octanol–water partition coefficient (Wildman–Crippen LogP) is 3.94. The minimum absolute atomic E-state index is 0.279. The molecule has 0 fully saturated rings. The Morgan fingerprint density at radius 1 is 1.04 bits per heavy atom. The molecule has 5 heteroatoms. The van der Waals surface area contributed by atoms with Gasteiger partial charge in [0.1, 0.15) is 11.7 Å². The third-order valence-corrected chi connectivity index (χ3v) is 4.39. The number of anilines is 1. The van der Waals surface area contributed by atoms with Crippen LogP contribution < -0.4 is 4.90 Å². The topological polar surface area (TPSA) is 28.0 Å². The van der Waals surface area contributed by atoms with Crippen LogP contribution in [0.4, 0.5) is 10.1 Å². The molecular weight excluding hydrogens is 313 g/mol. The molecule has 2 aliphatic heterocycles. The average Bonchev–Trinajstić information content (AvgIpc) is 2.72. The highest BCUT2D eigenvalue weighted by molar-refractivity contribution is 6.32. The maximum absolute atomic E-state index is 14.3. The second-order valence-corrected chi connectivity index (χ2v) is 6.05. The number of amidine groups is 1. The Bertz CT molecular complexity index is 829. The van der Waals surface area contributed by atoms with E-state index in [2.05, 4.69) is 14.9 Å². The van der Waals surface area contributed by atoms with E-state index in [1.54, 1.807) is 12.1 Å². The van der Waals surface area contributed by atoms with Crippen LogP contribution >= 0.6 is 11.6 Å². The molecule has 3 nitrogen and oxygen atoms in total. The molecule has 2 heterocycles. The summed E-state index contributed by atoms with van der Waals surface area (Å²) in [6.45, 7) is 2.17. The normalized spacial score (nSPS) is 16.9. The molecule has 0 bridgehead atoms. The summed E-state index contributed by atoms with van der Waals surface area (Å²) in [6.07, 6.45) is 1.00. The molecule has 2 aromatic carbocycles. The van der Waals surface area contributed by atoms with Crippen molar-refractivity contribution in [2.24, 2.45) is 9.98 Å². The molecule has 0 aromatic heterocycles. The molecule has 23 heavy (non-hydrogen) atoms. The van der Waals surface area contributed by atoms with E-state index in [1.165, 1.54) is 6.07 Å². The third kappa shape index (κ3) is 2.53. The minimum Gasteiger partial charge on any atom is -0.328 e. The van der Waals surface area contributed by atoms with Gasteiger partial charge in [-0.15, -0.1) is 0 Å². The maximum Gasteiger partial charge on any atom is 0.132 e. The van der Waals surface area contributed by atoms with Crippen LogP contribution in [0.25, 0.3) is 0 Å². The Kier molecular flexibility index (Phi) is 3.62. The highest BCUT2D eigenvalue weighted by Gasteiger charge is 2.26. The number of fused-ring (bicyclic) bond motifs is 3. The summed E-state index contributed by atoms with van der Waals surface area (Å²) in [5.74, 6) is 0.658. The standard InChI is InChI=1S/C18H15ClFN3/c19-12-6-7-16-14(10-12)18(13-4-1-2-5-15(13)20)22-11-17-21-8-3-9-23(16)17/h1-2,4-7,10H,3,8-9,11H2. The number of rotatable bonds is 1. The Morgan fingerprint density at radius 2 is 1.91 bits per heavy atom. The van der Waals surface area contributed by atoms with Gasteiger partial charge in [-0.2, -0.15) is 0 Å². The van der Waals surface area contributed by atoms with E-state index in [0.717, 1.165) is 36.6 Å². The van der Waals surface area contributed by atoms with Gasteiger partial charge in [-0.05, 0) is 36.8 Å². The SMILES string of the molecule is Fc1ccccc1C1=NCC2=NCCCN2c2ccc(Cl)cc21. The van der Waals surface area contributed by atoms with E-state index in [0.29, 0.717) is 22.8 Å². The molecule has 0 saturated heterocycles. The van der Waals surface area contributed by atoms with Crippen molar-refractivity contribution in [3.8, 4) is 0 Å². The number of hydrogen-bond acceptors (Lipinski definition) is 3. The first-order valence-corrected chi connectivity index (χ1v) is 8.02. The first-order chi connectivity index (χ1) is 11.2. The Morgan fingerprint density at radius 3 is 2.78 bits per heavy atom. The summed E-state index contributed by atoms with van der Waals surface area (Å²) in [4.78, 5) is 11.4. The predicted molar refractivity (Wildman–Crippen MR) is 92.6 cm³/mol. The lowest BCUT2D eigenvalue weighted by Crippen LogP contribution is -2.37. The monoisotopic (exact) mass is 327 g/mol. The van der Waals surface area contributed by atoms with Gasteiger partial charge in [-0.3, -0.25) is 9.98 Å². The maximum atomic E-state index is 14.3. The van der Waals surface area contributed by atoms with E-state index >= 15 is 0 Å². The van der Waals surface area contributed by atoms with Crippen molar-refractivity contribution in [1.29, 1.82) is 0 Å². The molecule has 2 aromatic rings. The molecular formula is C18H15ClFN3. The summed E-state index contributed by atoms with van der Waals surface area (Å²) >= 11 is 6.20. The third-order valence-electron chi connectivity index (χ3n) is 4.16. The number of hydrogen-bond donors (Lipinski definition) is 0. The number of aliphatic imine (C=N–C) groups is 2. The van der Waals surface area contributed by atoms with Gasteiger partial charge in [0.25, 0.3) is 0 Å². The van der Waals surface area contributed by atoms with Crippen LogP contribution in [-0.2, 0) is 0 Å². The van der Waals surface area contributed by atoms with Gasteiger partial charge in [-0.1, -0.05) is 23.7 Å². The summed E-state index contributed by atoms with van der Waals surface area (Å²) in [7, 11) is 0. The van der Waals surface area contributed by atoms with Crippen LogP contribution in [0.1, 0.15) is 17.5 Å². The highest BCUT2D eigenvalue weighted by Crippen LogP contribution is 2.31. The van der Waals surface area contributed by atoms with Crippen molar-refractivity contribution < 1.29 is 4.39 Å². The van der Waals surface area contributed by atoms with Crippen molar-refractivity contribution in [2.75, 3.05) is 24.5 Å².